The quantitative estimate of drug-likeness (QED) is 0.621. The fraction of sp³-hybridized carbons (Fsp3) is 0.409. The van der Waals surface area contributed by atoms with Crippen LogP contribution in [0, 0.1) is 13.8 Å². The molecule has 0 aliphatic carbocycles. The number of benzene rings is 2. The standard InChI is InChI=1S/C22H30N2O5S/c1-6-29-20-10-8-18(14-21(20)28-5)15-24(4)22(25)11-12-23-30(26,27)19-9-7-16(2)17(3)13-19/h7-10,13-14,23H,6,11-12,15H2,1-5H3. The number of amides is 1. The second-order valence-electron chi connectivity index (χ2n) is 7.06. The molecule has 0 unspecified atom stereocenters. The van der Waals surface area contributed by atoms with E-state index in [0.717, 1.165) is 16.7 Å². The molecule has 2 rings (SSSR count). The number of nitrogens with zero attached hydrogens (tertiary/aromatic N) is 1. The molecule has 0 aliphatic rings. The van der Waals surface area contributed by atoms with Crippen LogP contribution in [0.25, 0.3) is 0 Å². The lowest BCUT2D eigenvalue weighted by Gasteiger charge is -2.19. The summed E-state index contributed by atoms with van der Waals surface area (Å²) in [6.07, 6.45) is 0.0642. The monoisotopic (exact) mass is 434 g/mol. The van der Waals surface area contributed by atoms with Crippen LogP contribution in [0.5, 0.6) is 11.5 Å². The largest absolute Gasteiger partial charge is 0.493 e. The van der Waals surface area contributed by atoms with Crippen LogP contribution in [-0.2, 0) is 21.4 Å². The topological polar surface area (TPSA) is 84.9 Å². The minimum absolute atomic E-state index is 0.0328. The van der Waals surface area contributed by atoms with Gasteiger partial charge in [0, 0.05) is 26.6 Å². The van der Waals surface area contributed by atoms with Crippen molar-refractivity contribution in [2.24, 2.45) is 0 Å². The van der Waals surface area contributed by atoms with Crippen LogP contribution < -0.4 is 14.2 Å². The van der Waals surface area contributed by atoms with Crippen molar-refractivity contribution in [2.75, 3.05) is 27.3 Å². The number of hydrogen-bond acceptors (Lipinski definition) is 5. The Kier molecular flexibility index (Phi) is 8.25. The molecule has 1 N–H and O–H groups in total. The fourth-order valence-electron chi connectivity index (χ4n) is 2.89. The normalized spacial score (nSPS) is 11.2. The molecule has 8 heteroatoms. The molecule has 164 valence electrons. The second kappa shape index (κ2) is 10.4. The SMILES string of the molecule is CCOc1ccc(CN(C)C(=O)CCNS(=O)(=O)c2ccc(C)c(C)c2)cc1OC. The van der Waals surface area contributed by atoms with Crippen LogP contribution in [0.15, 0.2) is 41.3 Å². The maximum Gasteiger partial charge on any atom is 0.240 e. The van der Waals surface area contributed by atoms with Gasteiger partial charge in [0.25, 0.3) is 0 Å². The molecule has 0 atom stereocenters. The van der Waals surface area contributed by atoms with Crippen molar-refractivity contribution in [3.63, 3.8) is 0 Å². The summed E-state index contributed by atoms with van der Waals surface area (Å²) in [5.74, 6) is 1.10. The molecule has 2 aromatic rings. The van der Waals surface area contributed by atoms with Gasteiger partial charge in [0.1, 0.15) is 0 Å². The van der Waals surface area contributed by atoms with Crippen LogP contribution in [-0.4, -0.2) is 46.5 Å². The van der Waals surface area contributed by atoms with Crippen molar-refractivity contribution < 1.29 is 22.7 Å². The molecule has 0 fully saturated rings. The van der Waals surface area contributed by atoms with E-state index in [2.05, 4.69) is 4.72 Å². The lowest BCUT2D eigenvalue weighted by molar-refractivity contribution is -0.130. The number of nitrogens with one attached hydrogen (secondary N) is 1. The second-order valence-corrected chi connectivity index (χ2v) is 8.83. The van der Waals surface area contributed by atoms with E-state index in [0.29, 0.717) is 24.7 Å². The highest BCUT2D eigenvalue weighted by atomic mass is 32.2. The first-order valence-corrected chi connectivity index (χ1v) is 11.3. The van der Waals surface area contributed by atoms with Gasteiger partial charge in [0.05, 0.1) is 18.6 Å². The third-order valence-corrected chi connectivity index (χ3v) is 6.25. The van der Waals surface area contributed by atoms with E-state index in [-0.39, 0.29) is 23.8 Å². The maximum absolute atomic E-state index is 12.4. The molecule has 0 spiro atoms. The molecule has 0 saturated carbocycles. The van der Waals surface area contributed by atoms with Crippen LogP contribution in [0.1, 0.15) is 30.0 Å². The van der Waals surface area contributed by atoms with Crippen molar-refractivity contribution in [2.45, 2.75) is 38.6 Å². The Hall–Kier alpha value is -2.58. The molecule has 0 saturated heterocycles. The van der Waals surface area contributed by atoms with Gasteiger partial charge < -0.3 is 14.4 Å². The smallest absolute Gasteiger partial charge is 0.240 e. The zero-order valence-electron chi connectivity index (χ0n) is 18.2. The lowest BCUT2D eigenvalue weighted by atomic mass is 10.1. The summed E-state index contributed by atoms with van der Waals surface area (Å²) in [5, 5.41) is 0. The van der Waals surface area contributed by atoms with E-state index >= 15 is 0 Å². The number of methoxy groups -OCH3 is 1. The molecular formula is C22H30N2O5S. The van der Waals surface area contributed by atoms with Crippen molar-refractivity contribution >= 4 is 15.9 Å². The predicted molar refractivity (Wildman–Crippen MR) is 116 cm³/mol. The third-order valence-electron chi connectivity index (χ3n) is 4.79. The molecule has 0 heterocycles. The number of rotatable bonds is 10. The molecule has 1 amide bonds. The highest BCUT2D eigenvalue weighted by Gasteiger charge is 2.16. The van der Waals surface area contributed by atoms with E-state index in [4.69, 9.17) is 9.47 Å². The van der Waals surface area contributed by atoms with Crippen LogP contribution in [0.4, 0.5) is 0 Å². The highest BCUT2D eigenvalue weighted by molar-refractivity contribution is 7.89. The van der Waals surface area contributed by atoms with Gasteiger partial charge in [-0.3, -0.25) is 4.79 Å². The number of aryl methyl sites for hydroxylation is 2. The van der Waals surface area contributed by atoms with E-state index in [1.54, 1.807) is 37.3 Å². The summed E-state index contributed by atoms with van der Waals surface area (Å²) in [6.45, 7) is 6.63. The van der Waals surface area contributed by atoms with Gasteiger partial charge in [-0.25, -0.2) is 13.1 Å². The summed E-state index contributed by atoms with van der Waals surface area (Å²) < 4.78 is 38.2. The minimum atomic E-state index is -3.65. The van der Waals surface area contributed by atoms with E-state index < -0.39 is 10.0 Å². The van der Waals surface area contributed by atoms with Gasteiger partial charge in [-0.2, -0.15) is 0 Å². The first kappa shape index (κ1) is 23.7. The zero-order valence-corrected chi connectivity index (χ0v) is 19.0. The van der Waals surface area contributed by atoms with Crippen LogP contribution in [0.2, 0.25) is 0 Å². The van der Waals surface area contributed by atoms with Crippen molar-refractivity contribution in [3.05, 3.63) is 53.1 Å². The Morgan fingerprint density at radius 3 is 2.43 bits per heavy atom. The Labute approximate surface area is 179 Å². The molecule has 2 aromatic carbocycles. The van der Waals surface area contributed by atoms with Gasteiger partial charge in [-0.1, -0.05) is 12.1 Å². The summed E-state index contributed by atoms with van der Waals surface area (Å²) >= 11 is 0. The average Bonchev–Trinajstić information content (AvgIpc) is 2.70. The third kappa shape index (κ3) is 6.21. The summed E-state index contributed by atoms with van der Waals surface area (Å²) in [7, 11) is -0.399. The number of carbonyl (C=O) groups excluding carboxylic acids is 1. The van der Waals surface area contributed by atoms with Gasteiger partial charge >= 0.3 is 0 Å². The lowest BCUT2D eigenvalue weighted by Crippen LogP contribution is -2.32. The first-order valence-electron chi connectivity index (χ1n) is 9.78. The minimum Gasteiger partial charge on any atom is -0.493 e. The van der Waals surface area contributed by atoms with Crippen molar-refractivity contribution in [1.29, 1.82) is 0 Å². The molecule has 30 heavy (non-hydrogen) atoms. The van der Waals surface area contributed by atoms with Gasteiger partial charge in [-0.05, 0) is 61.7 Å². The highest BCUT2D eigenvalue weighted by Crippen LogP contribution is 2.28. The van der Waals surface area contributed by atoms with Gasteiger partial charge in [0.15, 0.2) is 11.5 Å². The Bertz CT molecular complexity index is 989. The zero-order chi connectivity index (χ0) is 22.3. The molecule has 0 aromatic heterocycles. The molecular weight excluding hydrogens is 404 g/mol. The molecule has 0 bridgehead atoms. The van der Waals surface area contributed by atoms with Gasteiger partial charge in [-0.15, -0.1) is 0 Å². The number of sulfonamides is 1. The van der Waals surface area contributed by atoms with E-state index in [1.165, 1.54) is 0 Å². The number of ether oxygens (including phenoxy) is 2. The molecule has 0 radical (unpaired) electrons. The van der Waals surface area contributed by atoms with Crippen LogP contribution in [0.3, 0.4) is 0 Å². The number of carbonyl (C=O) groups is 1. The molecule has 0 aliphatic heterocycles. The molecule has 7 nitrogen and oxygen atoms in total. The van der Waals surface area contributed by atoms with E-state index in [1.807, 2.05) is 39.0 Å². The van der Waals surface area contributed by atoms with Crippen molar-refractivity contribution in [1.82, 2.24) is 9.62 Å². The maximum atomic E-state index is 12.4. The predicted octanol–water partition coefficient (Wildman–Crippen LogP) is 3.04. The summed E-state index contributed by atoms with van der Waals surface area (Å²) in [6, 6.07) is 10.5. The Balaban J connectivity index is 1.92. The van der Waals surface area contributed by atoms with Crippen molar-refractivity contribution in [3.8, 4) is 11.5 Å². The summed E-state index contributed by atoms with van der Waals surface area (Å²) in [5.41, 5.74) is 2.82. The first-order chi connectivity index (χ1) is 14.2. The van der Waals surface area contributed by atoms with Crippen LogP contribution >= 0.6 is 0 Å². The van der Waals surface area contributed by atoms with E-state index in [9.17, 15) is 13.2 Å². The average molecular weight is 435 g/mol. The summed E-state index contributed by atoms with van der Waals surface area (Å²) in [4.78, 5) is 14.2. The number of hydrogen-bond donors (Lipinski definition) is 1. The Morgan fingerprint density at radius 1 is 1.07 bits per heavy atom. The fourth-order valence-corrected chi connectivity index (χ4v) is 4.01. The Morgan fingerprint density at radius 2 is 1.80 bits per heavy atom. The van der Waals surface area contributed by atoms with Gasteiger partial charge in [0.2, 0.25) is 15.9 Å².